The zero-order valence-corrected chi connectivity index (χ0v) is 11.4. The van der Waals surface area contributed by atoms with E-state index >= 15 is 0 Å². The Kier molecular flexibility index (Phi) is 4.22. The Hall–Kier alpha value is -0.400. The number of alkyl halides is 1. The lowest BCUT2D eigenvalue weighted by molar-refractivity contribution is 0.148. The number of hydrogen-bond donors (Lipinski definition) is 1. The Morgan fingerprint density at radius 3 is 2.76 bits per heavy atom. The molecule has 2 heterocycles. The van der Waals surface area contributed by atoms with Crippen LogP contribution in [0.1, 0.15) is 16.8 Å². The molecule has 5 nitrogen and oxygen atoms in total. The van der Waals surface area contributed by atoms with Crippen molar-refractivity contribution in [3.05, 3.63) is 26.1 Å². The van der Waals surface area contributed by atoms with E-state index in [4.69, 9.17) is 34.8 Å². The van der Waals surface area contributed by atoms with Crippen molar-refractivity contribution in [3.63, 3.8) is 0 Å². The average Bonchev–Trinajstić information content (AvgIpc) is 2.87. The lowest BCUT2D eigenvalue weighted by Gasteiger charge is -2.05. The molecule has 0 aliphatic carbocycles. The first-order valence-electron chi connectivity index (χ1n) is 4.55. The third-order valence-corrected chi connectivity index (χ3v) is 4.15. The average molecular weight is 314 g/mol. The predicted octanol–water partition coefficient (Wildman–Crippen LogP) is 2.51. The van der Waals surface area contributed by atoms with E-state index in [0.29, 0.717) is 20.1 Å². The highest BCUT2D eigenvalue weighted by molar-refractivity contribution is 7.17. The van der Waals surface area contributed by atoms with Crippen molar-refractivity contribution in [2.75, 3.05) is 0 Å². The number of aliphatic hydroxyl groups is 1. The van der Waals surface area contributed by atoms with Crippen molar-refractivity contribution in [2.24, 2.45) is 0 Å². The fourth-order valence-corrected chi connectivity index (χ4v) is 2.66. The van der Waals surface area contributed by atoms with Gasteiger partial charge in [0.05, 0.1) is 17.4 Å². The molecular formula is C8H7Cl3N4OS. The molecule has 0 radical (unpaired) electrons. The molecule has 9 heteroatoms. The zero-order chi connectivity index (χ0) is 12.4. The maximum Gasteiger partial charge on any atom is 0.189 e. The van der Waals surface area contributed by atoms with Crippen LogP contribution in [0.3, 0.4) is 0 Å². The molecule has 0 saturated carbocycles. The van der Waals surface area contributed by atoms with Gasteiger partial charge in [0.15, 0.2) is 5.82 Å². The second-order valence-electron chi connectivity index (χ2n) is 3.18. The number of thiophene rings is 1. The lowest BCUT2D eigenvalue weighted by atomic mass is 10.3. The van der Waals surface area contributed by atoms with Gasteiger partial charge in [0.25, 0.3) is 0 Å². The Labute approximate surface area is 116 Å². The van der Waals surface area contributed by atoms with Gasteiger partial charge < -0.3 is 5.11 Å². The molecule has 92 valence electrons. The van der Waals surface area contributed by atoms with Crippen LogP contribution < -0.4 is 0 Å². The zero-order valence-electron chi connectivity index (χ0n) is 8.35. The fourth-order valence-electron chi connectivity index (χ4n) is 1.18. The van der Waals surface area contributed by atoms with Crippen LogP contribution in [0.5, 0.6) is 0 Å². The summed E-state index contributed by atoms with van der Waals surface area (Å²) in [5.74, 6) is 0.605. The van der Waals surface area contributed by atoms with E-state index in [2.05, 4.69) is 15.4 Å². The summed E-state index contributed by atoms with van der Waals surface area (Å²) in [5.41, 5.74) is 0. The Morgan fingerprint density at radius 2 is 2.24 bits per heavy atom. The second-order valence-corrected chi connectivity index (χ2v) is 5.54. The molecule has 0 aliphatic rings. The van der Waals surface area contributed by atoms with Crippen LogP contribution in [0.4, 0.5) is 0 Å². The van der Waals surface area contributed by atoms with E-state index in [1.165, 1.54) is 16.1 Å². The summed E-state index contributed by atoms with van der Waals surface area (Å²) in [5, 5.41) is 21.8. The number of aromatic nitrogens is 4. The van der Waals surface area contributed by atoms with E-state index in [0.717, 1.165) is 0 Å². The van der Waals surface area contributed by atoms with Gasteiger partial charge in [-0.3, -0.25) is 0 Å². The topological polar surface area (TPSA) is 63.8 Å². The van der Waals surface area contributed by atoms with Gasteiger partial charge in [-0.1, -0.05) is 23.2 Å². The van der Waals surface area contributed by atoms with Crippen LogP contribution in [0.2, 0.25) is 9.36 Å². The maximum absolute atomic E-state index is 9.93. The highest BCUT2D eigenvalue weighted by Crippen LogP contribution is 2.35. The molecule has 0 fully saturated rings. The normalized spacial score (nSPS) is 12.9. The molecule has 0 aliphatic heterocycles. The monoisotopic (exact) mass is 312 g/mol. The summed E-state index contributed by atoms with van der Waals surface area (Å²) < 4.78 is 0.453. The van der Waals surface area contributed by atoms with Crippen LogP contribution in [0.15, 0.2) is 6.07 Å². The van der Waals surface area contributed by atoms with Crippen molar-refractivity contribution >= 4 is 46.1 Å². The maximum atomic E-state index is 9.93. The van der Waals surface area contributed by atoms with Gasteiger partial charge in [-0.15, -0.1) is 33.1 Å². The highest BCUT2D eigenvalue weighted by atomic mass is 35.5. The van der Waals surface area contributed by atoms with Gasteiger partial charge >= 0.3 is 0 Å². The first-order chi connectivity index (χ1) is 8.10. The molecule has 2 aromatic rings. The van der Waals surface area contributed by atoms with Gasteiger partial charge in [-0.05, 0) is 11.3 Å². The van der Waals surface area contributed by atoms with Crippen LogP contribution >= 0.6 is 46.1 Å². The number of rotatable bonds is 4. The van der Waals surface area contributed by atoms with Gasteiger partial charge in [0.2, 0.25) is 0 Å². The SMILES string of the molecule is O[C@@H](Cn1nnc(CCl)n1)c1cc(Cl)c(Cl)s1. The summed E-state index contributed by atoms with van der Waals surface area (Å²) in [7, 11) is 0. The third kappa shape index (κ3) is 3.08. The van der Waals surface area contributed by atoms with Crippen LogP contribution in [-0.2, 0) is 12.4 Å². The quantitative estimate of drug-likeness (QED) is 0.881. The number of halogens is 3. The summed E-state index contributed by atoms with van der Waals surface area (Å²) in [6, 6.07) is 1.62. The van der Waals surface area contributed by atoms with Crippen molar-refractivity contribution in [2.45, 2.75) is 18.5 Å². The molecule has 0 amide bonds. The van der Waals surface area contributed by atoms with E-state index in [1.54, 1.807) is 6.07 Å². The van der Waals surface area contributed by atoms with Crippen molar-refractivity contribution in [1.29, 1.82) is 0 Å². The summed E-state index contributed by atoms with van der Waals surface area (Å²) in [4.78, 5) is 1.94. The predicted molar refractivity (Wildman–Crippen MR) is 66.7 cm³/mol. The number of nitrogens with zero attached hydrogens (tertiary/aromatic N) is 4. The minimum absolute atomic E-state index is 0.178. The Bertz CT molecular complexity index is 495. The Morgan fingerprint density at radius 1 is 1.47 bits per heavy atom. The first kappa shape index (κ1) is 13.0. The van der Waals surface area contributed by atoms with Crippen LogP contribution in [-0.4, -0.2) is 25.3 Å². The molecule has 0 bridgehead atoms. The van der Waals surface area contributed by atoms with Gasteiger partial charge in [0, 0.05) is 4.88 Å². The van der Waals surface area contributed by atoms with Crippen molar-refractivity contribution in [1.82, 2.24) is 20.2 Å². The minimum Gasteiger partial charge on any atom is -0.386 e. The van der Waals surface area contributed by atoms with Crippen molar-refractivity contribution in [3.8, 4) is 0 Å². The molecule has 0 spiro atoms. The Balaban J connectivity index is 2.08. The van der Waals surface area contributed by atoms with Crippen molar-refractivity contribution < 1.29 is 5.11 Å². The molecule has 2 rings (SSSR count). The molecular weight excluding hydrogens is 307 g/mol. The second kappa shape index (κ2) is 5.49. The molecule has 2 aromatic heterocycles. The number of hydrogen-bond acceptors (Lipinski definition) is 5. The van der Waals surface area contributed by atoms with Gasteiger partial charge in [-0.25, -0.2) is 0 Å². The summed E-state index contributed by atoms with van der Waals surface area (Å²) in [6.07, 6.45) is -0.776. The molecule has 1 N–H and O–H groups in total. The lowest BCUT2D eigenvalue weighted by Crippen LogP contribution is -2.10. The largest absolute Gasteiger partial charge is 0.386 e. The van der Waals surface area contributed by atoms with E-state index in [1.807, 2.05) is 0 Å². The number of aliphatic hydroxyl groups excluding tert-OH is 1. The minimum atomic E-state index is -0.776. The fraction of sp³-hybridized carbons (Fsp3) is 0.375. The molecule has 17 heavy (non-hydrogen) atoms. The number of tetrazole rings is 1. The van der Waals surface area contributed by atoms with E-state index in [-0.39, 0.29) is 12.4 Å². The molecule has 1 atom stereocenters. The third-order valence-electron chi connectivity index (χ3n) is 1.94. The molecule has 0 saturated heterocycles. The summed E-state index contributed by atoms with van der Waals surface area (Å²) >= 11 is 18.4. The highest BCUT2D eigenvalue weighted by Gasteiger charge is 2.15. The van der Waals surface area contributed by atoms with E-state index < -0.39 is 6.10 Å². The molecule has 0 aromatic carbocycles. The van der Waals surface area contributed by atoms with Gasteiger partial charge in [0.1, 0.15) is 10.4 Å². The van der Waals surface area contributed by atoms with Crippen LogP contribution in [0.25, 0.3) is 0 Å². The smallest absolute Gasteiger partial charge is 0.189 e. The van der Waals surface area contributed by atoms with Crippen LogP contribution in [0, 0.1) is 0 Å². The first-order valence-corrected chi connectivity index (χ1v) is 6.66. The summed E-state index contributed by atoms with van der Waals surface area (Å²) in [6.45, 7) is 0.178. The molecule has 0 unspecified atom stereocenters. The van der Waals surface area contributed by atoms with E-state index in [9.17, 15) is 5.11 Å². The standard InChI is InChI=1S/C8H7Cl3N4OS/c9-2-7-12-14-15(13-7)3-5(16)6-1-4(10)8(11)17-6/h1,5,16H,2-3H2/t5-/m0/s1. The van der Waals surface area contributed by atoms with Gasteiger partial charge in [-0.2, -0.15) is 4.80 Å².